The Hall–Kier alpha value is -2.33. The van der Waals surface area contributed by atoms with Crippen molar-refractivity contribution in [1.82, 2.24) is 15.1 Å². The Morgan fingerprint density at radius 3 is 2.68 bits per heavy atom. The Morgan fingerprint density at radius 2 is 1.96 bits per heavy atom. The van der Waals surface area contributed by atoms with Crippen LogP contribution in [0.1, 0.15) is 20.3 Å². The third-order valence-electron chi connectivity index (χ3n) is 4.10. The summed E-state index contributed by atoms with van der Waals surface area (Å²) in [4.78, 5) is 12.3. The molecule has 0 spiro atoms. The third-order valence-corrected chi connectivity index (χ3v) is 4.33. The maximum Gasteiger partial charge on any atom is 0.241 e. The lowest BCUT2D eigenvalue weighted by Gasteiger charge is -2.08. The van der Waals surface area contributed by atoms with Crippen LogP contribution in [0.15, 0.2) is 48.5 Å². The summed E-state index contributed by atoms with van der Waals surface area (Å²) >= 11 is 6.17. The molecule has 25 heavy (non-hydrogen) atoms. The van der Waals surface area contributed by atoms with Gasteiger partial charge in [-0.2, -0.15) is 5.10 Å². The van der Waals surface area contributed by atoms with Gasteiger partial charge in [0.25, 0.3) is 0 Å². The zero-order valence-electron chi connectivity index (χ0n) is 14.5. The standard InChI is InChI=1S/C20H22ClN3O/c1-14(2)10-11-22-19(25)13-24-18-9-8-16(21)12-17(18)20(23-24)15-6-4-3-5-7-15/h3-9,12,14H,10-11,13H2,1-2H3,(H,22,25). The van der Waals surface area contributed by atoms with E-state index in [4.69, 9.17) is 11.6 Å². The van der Waals surface area contributed by atoms with Crippen molar-refractivity contribution < 1.29 is 4.79 Å². The number of nitrogens with zero attached hydrogens (tertiary/aromatic N) is 2. The van der Waals surface area contributed by atoms with Gasteiger partial charge in [0, 0.05) is 22.5 Å². The first-order chi connectivity index (χ1) is 12.0. The van der Waals surface area contributed by atoms with Gasteiger partial charge in [-0.25, -0.2) is 0 Å². The normalized spacial score (nSPS) is 11.2. The number of carbonyl (C=O) groups is 1. The summed E-state index contributed by atoms with van der Waals surface area (Å²) in [5.41, 5.74) is 2.75. The van der Waals surface area contributed by atoms with E-state index in [9.17, 15) is 4.79 Å². The summed E-state index contributed by atoms with van der Waals surface area (Å²) in [5.74, 6) is 0.539. The van der Waals surface area contributed by atoms with Crippen molar-refractivity contribution in [2.45, 2.75) is 26.8 Å². The van der Waals surface area contributed by atoms with Crippen molar-refractivity contribution in [2.75, 3.05) is 6.54 Å². The van der Waals surface area contributed by atoms with Crippen LogP contribution >= 0.6 is 11.6 Å². The molecule has 0 saturated heterocycles. The minimum Gasteiger partial charge on any atom is -0.354 e. The van der Waals surface area contributed by atoms with Crippen LogP contribution in [0.25, 0.3) is 22.2 Å². The Labute approximate surface area is 152 Å². The average molecular weight is 356 g/mol. The lowest BCUT2D eigenvalue weighted by Crippen LogP contribution is -2.29. The second-order valence-electron chi connectivity index (χ2n) is 6.57. The van der Waals surface area contributed by atoms with Gasteiger partial charge in [0.1, 0.15) is 12.2 Å². The minimum atomic E-state index is -0.0281. The average Bonchev–Trinajstić information content (AvgIpc) is 2.93. The summed E-state index contributed by atoms with van der Waals surface area (Å²) in [5, 5.41) is 9.25. The molecule has 3 aromatic rings. The highest BCUT2D eigenvalue weighted by Gasteiger charge is 2.14. The number of amides is 1. The fourth-order valence-electron chi connectivity index (χ4n) is 2.77. The smallest absolute Gasteiger partial charge is 0.241 e. The number of hydrogen-bond acceptors (Lipinski definition) is 2. The van der Waals surface area contributed by atoms with Gasteiger partial charge < -0.3 is 5.32 Å². The van der Waals surface area contributed by atoms with E-state index in [0.717, 1.165) is 28.6 Å². The van der Waals surface area contributed by atoms with E-state index in [-0.39, 0.29) is 12.5 Å². The predicted octanol–water partition coefficient (Wildman–Crippen LogP) is 4.52. The van der Waals surface area contributed by atoms with Crippen LogP contribution in [-0.2, 0) is 11.3 Å². The van der Waals surface area contributed by atoms with Gasteiger partial charge in [-0.3, -0.25) is 9.48 Å². The molecule has 4 nitrogen and oxygen atoms in total. The Bertz CT molecular complexity index is 871. The molecule has 1 amide bonds. The second kappa shape index (κ2) is 7.70. The highest BCUT2D eigenvalue weighted by atomic mass is 35.5. The van der Waals surface area contributed by atoms with Gasteiger partial charge >= 0.3 is 0 Å². The van der Waals surface area contributed by atoms with Crippen LogP contribution in [0.2, 0.25) is 5.02 Å². The fraction of sp³-hybridized carbons (Fsp3) is 0.300. The van der Waals surface area contributed by atoms with E-state index in [0.29, 0.717) is 17.5 Å². The molecule has 0 radical (unpaired) electrons. The molecule has 0 bridgehead atoms. The van der Waals surface area contributed by atoms with Gasteiger partial charge in [-0.05, 0) is 30.5 Å². The summed E-state index contributed by atoms with van der Waals surface area (Å²) < 4.78 is 1.75. The van der Waals surface area contributed by atoms with Crippen molar-refractivity contribution in [2.24, 2.45) is 5.92 Å². The van der Waals surface area contributed by atoms with Crippen molar-refractivity contribution in [3.63, 3.8) is 0 Å². The van der Waals surface area contributed by atoms with Crippen LogP contribution in [0.5, 0.6) is 0 Å². The molecule has 3 rings (SSSR count). The van der Waals surface area contributed by atoms with Crippen molar-refractivity contribution in [3.05, 3.63) is 53.6 Å². The maximum atomic E-state index is 12.3. The van der Waals surface area contributed by atoms with Crippen LogP contribution in [0, 0.1) is 5.92 Å². The van der Waals surface area contributed by atoms with Crippen molar-refractivity contribution >= 4 is 28.4 Å². The monoisotopic (exact) mass is 355 g/mol. The second-order valence-corrected chi connectivity index (χ2v) is 7.00. The first-order valence-corrected chi connectivity index (χ1v) is 8.90. The molecule has 0 saturated carbocycles. The van der Waals surface area contributed by atoms with Crippen molar-refractivity contribution in [3.8, 4) is 11.3 Å². The molecule has 5 heteroatoms. The van der Waals surface area contributed by atoms with E-state index in [1.807, 2.05) is 48.5 Å². The van der Waals surface area contributed by atoms with Crippen LogP contribution in [0.4, 0.5) is 0 Å². The van der Waals surface area contributed by atoms with Crippen LogP contribution < -0.4 is 5.32 Å². The number of rotatable bonds is 6. The van der Waals surface area contributed by atoms with E-state index >= 15 is 0 Å². The molecule has 0 atom stereocenters. The highest BCUT2D eigenvalue weighted by molar-refractivity contribution is 6.31. The fourth-order valence-corrected chi connectivity index (χ4v) is 2.95. The highest BCUT2D eigenvalue weighted by Crippen LogP contribution is 2.30. The van der Waals surface area contributed by atoms with Gasteiger partial charge in [0.15, 0.2) is 0 Å². The van der Waals surface area contributed by atoms with Gasteiger partial charge in [0.2, 0.25) is 5.91 Å². The molecule has 1 N–H and O–H groups in total. The summed E-state index contributed by atoms with van der Waals surface area (Å²) in [6.07, 6.45) is 0.969. The Balaban J connectivity index is 1.90. The lowest BCUT2D eigenvalue weighted by atomic mass is 10.1. The van der Waals surface area contributed by atoms with Gasteiger partial charge in [0.05, 0.1) is 5.52 Å². The Morgan fingerprint density at radius 1 is 1.20 bits per heavy atom. The molecule has 0 aliphatic heterocycles. The molecule has 0 fully saturated rings. The summed E-state index contributed by atoms with van der Waals surface area (Å²) in [7, 11) is 0. The van der Waals surface area contributed by atoms with E-state index in [1.165, 1.54) is 0 Å². The number of nitrogens with one attached hydrogen (secondary N) is 1. The Kier molecular flexibility index (Phi) is 5.39. The molecular formula is C20H22ClN3O. The zero-order valence-corrected chi connectivity index (χ0v) is 15.3. The minimum absolute atomic E-state index is 0.0281. The molecular weight excluding hydrogens is 334 g/mol. The number of aromatic nitrogens is 2. The number of fused-ring (bicyclic) bond motifs is 1. The molecule has 130 valence electrons. The summed E-state index contributed by atoms with van der Waals surface area (Å²) in [6, 6.07) is 15.6. The summed E-state index contributed by atoms with van der Waals surface area (Å²) in [6.45, 7) is 5.17. The molecule has 0 aliphatic carbocycles. The largest absolute Gasteiger partial charge is 0.354 e. The molecule has 1 heterocycles. The van der Waals surface area contributed by atoms with E-state index in [2.05, 4.69) is 24.3 Å². The zero-order chi connectivity index (χ0) is 17.8. The molecule has 2 aromatic carbocycles. The molecule has 0 unspecified atom stereocenters. The van der Waals surface area contributed by atoms with E-state index in [1.54, 1.807) is 4.68 Å². The quantitative estimate of drug-likeness (QED) is 0.706. The van der Waals surface area contributed by atoms with Crippen LogP contribution in [-0.4, -0.2) is 22.2 Å². The molecule has 1 aromatic heterocycles. The van der Waals surface area contributed by atoms with E-state index < -0.39 is 0 Å². The number of carbonyl (C=O) groups excluding carboxylic acids is 1. The van der Waals surface area contributed by atoms with Gasteiger partial charge in [-0.1, -0.05) is 55.8 Å². The van der Waals surface area contributed by atoms with Gasteiger partial charge in [-0.15, -0.1) is 0 Å². The third kappa shape index (κ3) is 4.20. The predicted molar refractivity (Wildman–Crippen MR) is 103 cm³/mol. The maximum absolute atomic E-state index is 12.3. The number of halogens is 1. The van der Waals surface area contributed by atoms with Crippen LogP contribution in [0.3, 0.4) is 0 Å². The SMILES string of the molecule is CC(C)CCNC(=O)Cn1nc(-c2ccccc2)c2cc(Cl)ccc21. The molecule has 0 aliphatic rings. The number of benzene rings is 2. The lowest BCUT2D eigenvalue weighted by molar-refractivity contribution is -0.121. The topological polar surface area (TPSA) is 46.9 Å². The first-order valence-electron chi connectivity index (χ1n) is 8.53. The number of hydrogen-bond donors (Lipinski definition) is 1. The first kappa shape index (κ1) is 17.5. The van der Waals surface area contributed by atoms with Crippen molar-refractivity contribution in [1.29, 1.82) is 0 Å².